The number of hydrogen-bond acceptors (Lipinski definition) is 3. The molecule has 162 valence electrons. The van der Waals surface area contributed by atoms with Crippen LogP contribution in [0.4, 0.5) is 11.4 Å². The van der Waals surface area contributed by atoms with Crippen molar-refractivity contribution in [2.75, 3.05) is 16.2 Å². The van der Waals surface area contributed by atoms with E-state index in [0.717, 1.165) is 34.4 Å². The van der Waals surface area contributed by atoms with E-state index in [4.69, 9.17) is 0 Å². The fourth-order valence-electron chi connectivity index (χ4n) is 3.45. The molecule has 0 spiro atoms. The SMILES string of the molecule is CCc1cccc(C)c1NC(=O)CN(c1cccc(C)c1)S(=O)(=O)c1ccc(C)cc1. The van der Waals surface area contributed by atoms with Gasteiger partial charge >= 0.3 is 0 Å². The van der Waals surface area contributed by atoms with Gasteiger partial charge in [-0.15, -0.1) is 0 Å². The minimum Gasteiger partial charge on any atom is -0.324 e. The van der Waals surface area contributed by atoms with Gasteiger partial charge in [0, 0.05) is 5.69 Å². The number of para-hydroxylation sites is 1. The number of benzene rings is 3. The zero-order chi connectivity index (χ0) is 22.6. The number of rotatable bonds is 7. The standard InChI is InChI=1S/C25H28N2O3S/c1-5-21-10-7-9-20(4)25(21)26-24(28)17-27(22-11-6-8-19(3)16-22)31(29,30)23-14-12-18(2)13-15-23/h6-16H,5,17H2,1-4H3,(H,26,28). The molecule has 1 amide bonds. The Kier molecular flexibility index (Phi) is 6.81. The first-order chi connectivity index (χ1) is 14.7. The molecule has 0 radical (unpaired) electrons. The van der Waals surface area contributed by atoms with Crippen LogP contribution < -0.4 is 9.62 Å². The molecule has 1 N–H and O–H groups in total. The van der Waals surface area contributed by atoms with Gasteiger partial charge in [0.25, 0.3) is 10.0 Å². The monoisotopic (exact) mass is 436 g/mol. The molecule has 0 bridgehead atoms. The van der Waals surface area contributed by atoms with Crippen LogP contribution in [0, 0.1) is 20.8 Å². The van der Waals surface area contributed by atoms with Crippen molar-refractivity contribution in [3.05, 3.63) is 89.0 Å². The van der Waals surface area contributed by atoms with Gasteiger partial charge in [-0.3, -0.25) is 9.10 Å². The van der Waals surface area contributed by atoms with Crippen LogP contribution in [0.3, 0.4) is 0 Å². The number of carbonyl (C=O) groups excluding carboxylic acids is 1. The minimum absolute atomic E-state index is 0.151. The Bertz CT molecular complexity index is 1190. The topological polar surface area (TPSA) is 66.5 Å². The number of sulfonamides is 1. The Balaban J connectivity index is 1.98. The Labute approximate surface area is 184 Å². The lowest BCUT2D eigenvalue weighted by atomic mass is 10.1. The highest BCUT2D eigenvalue weighted by molar-refractivity contribution is 7.92. The number of carbonyl (C=O) groups is 1. The second-order valence-corrected chi connectivity index (χ2v) is 9.54. The number of nitrogens with one attached hydrogen (secondary N) is 1. The quantitative estimate of drug-likeness (QED) is 0.566. The van der Waals surface area contributed by atoms with Crippen molar-refractivity contribution in [1.29, 1.82) is 0 Å². The summed E-state index contributed by atoms with van der Waals surface area (Å²) in [7, 11) is -3.93. The normalized spacial score (nSPS) is 11.2. The molecular weight excluding hydrogens is 408 g/mol. The van der Waals surface area contributed by atoms with Gasteiger partial charge in [0.15, 0.2) is 0 Å². The summed E-state index contributed by atoms with van der Waals surface area (Å²) >= 11 is 0. The summed E-state index contributed by atoms with van der Waals surface area (Å²) in [6.07, 6.45) is 0.764. The summed E-state index contributed by atoms with van der Waals surface area (Å²) < 4.78 is 28.1. The summed E-state index contributed by atoms with van der Waals surface area (Å²) in [5, 5.41) is 2.93. The van der Waals surface area contributed by atoms with E-state index in [0.29, 0.717) is 5.69 Å². The van der Waals surface area contributed by atoms with Crippen LogP contribution in [-0.4, -0.2) is 20.9 Å². The highest BCUT2D eigenvalue weighted by Crippen LogP contribution is 2.26. The number of hydrogen-bond donors (Lipinski definition) is 1. The van der Waals surface area contributed by atoms with Crippen LogP contribution in [-0.2, 0) is 21.2 Å². The molecule has 0 aliphatic heterocycles. The van der Waals surface area contributed by atoms with E-state index in [-0.39, 0.29) is 17.3 Å². The average molecular weight is 437 g/mol. The summed E-state index contributed by atoms with van der Waals surface area (Å²) in [6, 6.07) is 19.6. The van der Waals surface area contributed by atoms with Crippen LogP contribution in [0.5, 0.6) is 0 Å². The molecule has 0 aliphatic rings. The van der Waals surface area contributed by atoms with Crippen molar-refractivity contribution in [3.8, 4) is 0 Å². The minimum atomic E-state index is -3.93. The van der Waals surface area contributed by atoms with Crippen molar-refractivity contribution in [2.24, 2.45) is 0 Å². The predicted molar refractivity (Wildman–Crippen MR) is 126 cm³/mol. The average Bonchev–Trinajstić information content (AvgIpc) is 2.73. The van der Waals surface area contributed by atoms with Gasteiger partial charge < -0.3 is 5.32 Å². The third-order valence-corrected chi connectivity index (χ3v) is 6.98. The van der Waals surface area contributed by atoms with E-state index in [1.807, 2.05) is 52.0 Å². The van der Waals surface area contributed by atoms with Crippen molar-refractivity contribution in [1.82, 2.24) is 0 Å². The largest absolute Gasteiger partial charge is 0.324 e. The van der Waals surface area contributed by atoms with E-state index in [2.05, 4.69) is 5.32 Å². The van der Waals surface area contributed by atoms with Crippen molar-refractivity contribution >= 4 is 27.3 Å². The van der Waals surface area contributed by atoms with E-state index >= 15 is 0 Å². The second-order valence-electron chi connectivity index (χ2n) is 7.67. The zero-order valence-electron chi connectivity index (χ0n) is 18.3. The highest BCUT2D eigenvalue weighted by Gasteiger charge is 2.27. The summed E-state index contributed by atoms with van der Waals surface area (Å²) in [6.45, 7) is 7.41. The van der Waals surface area contributed by atoms with Crippen LogP contribution >= 0.6 is 0 Å². The third-order valence-electron chi connectivity index (χ3n) is 5.19. The molecule has 0 fully saturated rings. The molecule has 3 rings (SSSR count). The maximum absolute atomic E-state index is 13.5. The van der Waals surface area contributed by atoms with E-state index in [1.165, 1.54) is 4.31 Å². The third kappa shape index (κ3) is 5.14. The molecule has 0 heterocycles. The van der Waals surface area contributed by atoms with Crippen molar-refractivity contribution < 1.29 is 13.2 Å². The molecule has 0 unspecified atom stereocenters. The van der Waals surface area contributed by atoms with Crippen LogP contribution in [0.25, 0.3) is 0 Å². The van der Waals surface area contributed by atoms with Crippen LogP contribution in [0.1, 0.15) is 29.2 Å². The van der Waals surface area contributed by atoms with Gasteiger partial charge in [-0.05, 0) is 68.1 Å². The lowest BCUT2D eigenvalue weighted by molar-refractivity contribution is -0.114. The van der Waals surface area contributed by atoms with E-state index in [1.54, 1.807) is 42.5 Å². The summed E-state index contributed by atoms with van der Waals surface area (Å²) in [4.78, 5) is 13.2. The molecule has 0 aliphatic carbocycles. The summed E-state index contributed by atoms with van der Waals surface area (Å²) in [5.74, 6) is -0.388. The van der Waals surface area contributed by atoms with Gasteiger partial charge in [0.1, 0.15) is 6.54 Å². The molecule has 0 aromatic heterocycles. The van der Waals surface area contributed by atoms with Gasteiger partial charge in [-0.25, -0.2) is 8.42 Å². The van der Waals surface area contributed by atoms with E-state index in [9.17, 15) is 13.2 Å². The maximum Gasteiger partial charge on any atom is 0.264 e. The van der Waals surface area contributed by atoms with Crippen molar-refractivity contribution in [2.45, 2.75) is 39.0 Å². The molecule has 5 nitrogen and oxygen atoms in total. The van der Waals surface area contributed by atoms with Gasteiger partial charge in [0.2, 0.25) is 5.91 Å². The van der Waals surface area contributed by atoms with E-state index < -0.39 is 10.0 Å². The summed E-state index contributed by atoms with van der Waals surface area (Å²) in [5.41, 5.74) is 5.02. The Morgan fingerprint density at radius 3 is 2.23 bits per heavy atom. The number of aryl methyl sites for hydroxylation is 4. The Morgan fingerprint density at radius 2 is 1.58 bits per heavy atom. The predicted octanol–water partition coefficient (Wildman–Crippen LogP) is 5.01. The number of amides is 1. The van der Waals surface area contributed by atoms with Crippen molar-refractivity contribution in [3.63, 3.8) is 0 Å². The first kappa shape index (κ1) is 22.6. The molecule has 0 saturated carbocycles. The van der Waals surface area contributed by atoms with Gasteiger partial charge in [-0.2, -0.15) is 0 Å². The lowest BCUT2D eigenvalue weighted by Crippen LogP contribution is -2.38. The highest BCUT2D eigenvalue weighted by atomic mass is 32.2. The first-order valence-electron chi connectivity index (χ1n) is 10.3. The van der Waals surface area contributed by atoms with Gasteiger partial charge in [0.05, 0.1) is 10.6 Å². The maximum atomic E-state index is 13.5. The fraction of sp³-hybridized carbons (Fsp3) is 0.240. The molecule has 31 heavy (non-hydrogen) atoms. The second kappa shape index (κ2) is 9.35. The fourth-order valence-corrected chi connectivity index (χ4v) is 4.86. The molecule has 0 atom stereocenters. The Morgan fingerprint density at radius 1 is 0.903 bits per heavy atom. The lowest BCUT2D eigenvalue weighted by Gasteiger charge is -2.25. The van der Waals surface area contributed by atoms with Gasteiger partial charge in [-0.1, -0.05) is 55.0 Å². The number of anilines is 2. The molecular formula is C25H28N2O3S. The molecule has 3 aromatic rings. The Hall–Kier alpha value is -3.12. The first-order valence-corrected chi connectivity index (χ1v) is 11.7. The zero-order valence-corrected chi connectivity index (χ0v) is 19.2. The number of nitrogens with zero attached hydrogens (tertiary/aromatic N) is 1. The molecule has 6 heteroatoms. The van der Waals surface area contributed by atoms with Crippen LogP contribution in [0.2, 0.25) is 0 Å². The molecule has 3 aromatic carbocycles. The molecule has 0 saturated heterocycles. The van der Waals surface area contributed by atoms with Crippen LogP contribution in [0.15, 0.2) is 71.6 Å². The smallest absolute Gasteiger partial charge is 0.264 e.